The molecular formula is C25H25N5O6. The normalized spacial score (nSPS) is 20.9. The van der Waals surface area contributed by atoms with Gasteiger partial charge in [-0.1, -0.05) is 35.5 Å². The zero-order valence-electron chi connectivity index (χ0n) is 19.5. The zero-order chi connectivity index (χ0) is 25.9. The molecule has 2 aliphatic heterocycles. The number of anilines is 1. The van der Waals surface area contributed by atoms with E-state index in [9.17, 15) is 24.5 Å². The van der Waals surface area contributed by atoms with Crippen LogP contribution >= 0.6 is 0 Å². The number of nitrogens with zero attached hydrogens (tertiary/aromatic N) is 3. The van der Waals surface area contributed by atoms with Gasteiger partial charge >= 0.3 is 0 Å². The van der Waals surface area contributed by atoms with E-state index in [-0.39, 0.29) is 36.9 Å². The summed E-state index contributed by atoms with van der Waals surface area (Å²) >= 11 is 0. The Labute approximate surface area is 206 Å². The van der Waals surface area contributed by atoms with Gasteiger partial charge in [-0.2, -0.15) is 0 Å². The van der Waals surface area contributed by atoms with Crippen LogP contribution in [0.4, 0.5) is 11.4 Å². The molecule has 3 N–H and O–H groups in total. The second-order valence-corrected chi connectivity index (χ2v) is 8.80. The van der Waals surface area contributed by atoms with Crippen molar-refractivity contribution < 1.29 is 24.1 Å². The number of oxime groups is 1. The van der Waals surface area contributed by atoms with Crippen LogP contribution in [0.2, 0.25) is 0 Å². The van der Waals surface area contributed by atoms with E-state index in [1.165, 1.54) is 35.2 Å². The molecule has 0 aliphatic carbocycles. The van der Waals surface area contributed by atoms with E-state index in [1.807, 2.05) is 6.07 Å². The van der Waals surface area contributed by atoms with Gasteiger partial charge in [-0.15, -0.1) is 0 Å². The lowest BCUT2D eigenvalue weighted by atomic mass is 9.91. The van der Waals surface area contributed by atoms with Crippen molar-refractivity contribution in [1.29, 1.82) is 0 Å². The molecule has 186 valence electrons. The van der Waals surface area contributed by atoms with E-state index >= 15 is 0 Å². The quantitative estimate of drug-likeness (QED) is 0.344. The first-order chi connectivity index (χ1) is 17.2. The molecule has 3 amide bonds. The number of nitro groups is 1. The highest BCUT2D eigenvalue weighted by molar-refractivity contribution is 6.04. The van der Waals surface area contributed by atoms with Gasteiger partial charge in [-0.3, -0.25) is 24.5 Å². The van der Waals surface area contributed by atoms with E-state index in [2.05, 4.69) is 10.5 Å². The first-order valence-electron chi connectivity index (χ1n) is 11.3. The molecule has 11 nitrogen and oxygen atoms in total. The zero-order valence-corrected chi connectivity index (χ0v) is 19.5. The lowest BCUT2D eigenvalue weighted by Crippen LogP contribution is -2.44. The van der Waals surface area contributed by atoms with Gasteiger partial charge in [0.25, 0.3) is 5.69 Å². The van der Waals surface area contributed by atoms with E-state index in [0.717, 1.165) is 5.56 Å². The third kappa shape index (κ3) is 5.24. The largest absolute Gasteiger partial charge is 0.387 e. The van der Waals surface area contributed by atoms with Crippen LogP contribution in [0.25, 0.3) is 0 Å². The summed E-state index contributed by atoms with van der Waals surface area (Å²) in [6.45, 7) is 1.87. The number of hydrogen-bond donors (Lipinski definition) is 2. The minimum Gasteiger partial charge on any atom is -0.387 e. The predicted molar refractivity (Wildman–Crippen MR) is 131 cm³/mol. The molecule has 0 radical (unpaired) electrons. The summed E-state index contributed by atoms with van der Waals surface area (Å²) < 4.78 is 0. The highest BCUT2D eigenvalue weighted by Crippen LogP contribution is 2.39. The van der Waals surface area contributed by atoms with Crippen LogP contribution in [0.5, 0.6) is 0 Å². The number of carbonyl (C=O) groups is 3. The number of rotatable bonds is 7. The van der Waals surface area contributed by atoms with Gasteiger partial charge < -0.3 is 20.8 Å². The summed E-state index contributed by atoms with van der Waals surface area (Å²) in [6.07, 6.45) is 3.56. The molecule has 36 heavy (non-hydrogen) atoms. The Morgan fingerprint density at radius 1 is 1.28 bits per heavy atom. The fourth-order valence-corrected chi connectivity index (χ4v) is 4.46. The molecule has 1 saturated heterocycles. The predicted octanol–water partition coefficient (Wildman–Crippen LogP) is 2.30. The van der Waals surface area contributed by atoms with Gasteiger partial charge in [0.15, 0.2) is 5.60 Å². The van der Waals surface area contributed by atoms with E-state index in [1.54, 1.807) is 31.2 Å². The van der Waals surface area contributed by atoms with Crippen LogP contribution in [0.15, 0.2) is 65.8 Å². The number of hydrogen-bond acceptors (Lipinski definition) is 7. The molecule has 0 saturated carbocycles. The van der Waals surface area contributed by atoms with E-state index in [0.29, 0.717) is 23.4 Å². The van der Waals surface area contributed by atoms with Crippen molar-refractivity contribution in [2.45, 2.75) is 37.8 Å². The highest BCUT2D eigenvalue weighted by atomic mass is 16.7. The van der Waals surface area contributed by atoms with Crippen molar-refractivity contribution in [2.75, 3.05) is 11.9 Å². The van der Waals surface area contributed by atoms with Crippen LogP contribution in [0, 0.1) is 10.1 Å². The van der Waals surface area contributed by atoms with E-state index in [4.69, 9.17) is 10.6 Å². The molecule has 2 aromatic rings. The number of allylic oxidation sites excluding steroid dienone is 1. The van der Waals surface area contributed by atoms with Crippen molar-refractivity contribution in [3.63, 3.8) is 0 Å². The van der Waals surface area contributed by atoms with Crippen molar-refractivity contribution in [3.05, 3.63) is 81.9 Å². The third-order valence-corrected chi connectivity index (χ3v) is 6.17. The number of carbonyl (C=O) groups excluding carboxylic acids is 3. The SMILES string of the molecule is C/C=C\C(=O)Nc1cccc(C2=NOC3(C2)C[C@H](C(N)=O)N(C(=O)Cc2ccc([N+](=O)[O-])cc2)C3)c1. The van der Waals surface area contributed by atoms with Crippen molar-refractivity contribution in [2.24, 2.45) is 10.9 Å². The van der Waals surface area contributed by atoms with Crippen molar-refractivity contribution in [3.8, 4) is 0 Å². The monoisotopic (exact) mass is 491 g/mol. The molecule has 0 aromatic heterocycles. The second-order valence-electron chi connectivity index (χ2n) is 8.80. The Bertz CT molecular complexity index is 1270. The summed E-state index contributed by atoms with van der Waals surface area (Å²) in [7, 11) is 0. The average Bonchev–Trinajstić information content (AvgIpc) is 3.44. The fraction of sp³-hybridized carbons (Fsp3) is 0.280. The molecule has 0 bridgehead atoms. The van der Waals surface area contributed by atoms with Crippen LogP contribution in [0.1, 0.15) is 30.9 Å². The molecule has 1 fully saturated rings. The smallest absolute Gasteiger partial charge is 0.269 e. The maximum atomic E-state index is 13.1. The fourth-order valence-electron chi connectivity index (χ4n) is 4.46. The van der Waals surface area contributed by atoms with Gasteiger partial charge in [-0.25, -0.2) is 0 Å². The van der Waals surface area contributed by atoms with Crippen LogP contribution in [-0.2, 0) is 25.6 Å². The number of non-ortho nitro benzene ring substituents is 1. The Balaban J connectivity index is 1.46. The van der Waals surface area contributed by atoms with Crippen molar-refractivity contribution >= 4 is 34.8 Å². The minimum atomic E-state index is -0.898. The van der Waals surface area contributed by atoms with Gasteiger partial charge in [-0.05, 0) is 30.7 Å². The third-order valence-electron chi connectivity index (χ3n) is 6.17. The van der Waals surface area contributed by atoms with Crippen LogP contribution in [0.3, 0.4) is 0 Å². The van der Waals surface area contributed by atoms with Gasteiger partial charge in [0, 0.05) is 36.2 Å². The number of benzene rings is 2. The topological polar surface area (TPSA) is 157 Å². The lowest BCUT2D eigenvalue weighted by molar-refractivity contribution is -0.384. The lowest BCUT2D eigenvalue weighted by Gasteiger charge is -2.23. The molecule has 2 aliphatic rings. The van der Waals surface area contributed by atoms with Crippen LogP contribution < -0.4 is 11.1 Å². The summed E-state index contributed by atoms with van der Waals surface area (Å²) in [4.78, 5) is 54.7. The summed E-state index contributed by atoms with van der Waals surface area (Å²) in [5.74, 6) is -1.23. The summed E-state index contributed by atoms with van der Waals surface area (Å²) in [5.41, 5.74) is 7.20. The maximum Gasteiger partial charge on any atom is 0.269 e. The number of likely N-dealkylation sites (tertiary alicyclic amines) is 1. The van der Waals surface area contributed by atoms with Gasteiger partial charge in [0.05, 0.1) is 23.6 Å². The molecule has 1 unspecified atom stereocenters. The molecule has 11 heteroatoms. The Hall–Kier alpha value is -4.54. The molecule has 2 heterocycles. The van der Waals surface area contributed by atoms with Gasteiger partial charge in [0.1, 0.15) is 6.04 Å². The van der Waals surface area contributed by atoms with Gasteiger partial charge in [0.2, 0.25) is 17.7 Å². The molecule has 2 aromatic carbocycles. The Morgan fingerprint density at radius 3 is 2.69 bits per heavy atom. The molecule has 2 atom stereocenters. The highest BCUT2D eigenvalue weighted by Gasteiger charge is 2.53. The standard InChI is InChI=1S/C25H25N5O6/c1-2-4-22(31)27-18-6-3-5-17(12-18)20-13-25(36-28-20)14-21(24(26)33)29(15-25)23(32)11-16-7-9-19(10-8-16)30(34)35/h2-10,12,21H,11,13-15H2,1H3,(H2,26,33)(H,27,31)/b4-2-/t21-,25?/m1/s1. The molecule has 1 spiro atoms. The molecule has 4 rings (SSSR count). The van der Waals surface area contributed by atoms with Crippen LogP contribution in [-0.4, -0.2) is 51.4 Å². The number of nitro benzene ring substituents is 1. The first-order valence-corrected chi connectivity index (χ1v) is 11.3. The van der Waals surface area contributed by atoms with Crippen molar-refractivity contribution in [1.82, 2.24) is 4.90 Å². The summed E-state index contributed by atoms with van der Waals surface area (Å²) in [6, 6.07) is 12.0. The first kappa shape index (κ1) is 24.6. The second kappa shape index (κ2) is 9.98. The number of nitrogens with one attached hydrogen (secondary N) is 1. The minimum absolute atomic E-state index is 0.0421. The summed E-state index contributed by atoms with van der Waals surface area (Å²) in [5, 5.41) is 17.9. The van der Waals surface area contributed by atoms with E-state index < -0.39 is 22.5 Å². The Kier molecular flexibility index (Phi) is 6.82. The Morgan fingerprint density at radius 2 is 2.03 bits per heavy atom. The number of primary amides is 1. The molecular weight excluding hydrogens is 466 g/mol. The maximum absolute atomic E-state index is 13.1. The number of nitrogens with two attached hydrogens (primary N) is 1. The average molecular weight is 492 g/mol. The number of amides is 3.